The third kappa shape index (κ3) is 3.69. The Balaban J connectivity index is 1.61. The summed E-state index contributed by atoms with van der Waals surface area (Å²) in [7, 11) is 0. The van der Waals surface area contributed by atoms with Crippen molar-refractivity contribution in [3.8, 4) is 0 Å². The maximum Gasteiger partial charge on any atom is 0.251 e. The Kier molecular flexibility index (Phi) is 5.12. The highest BCUT2D eigenvalue weighted by atomic mass is 16.6. The van der Waals surface area contributed by atoms with Crippen molar-refractivity contribution in [2.45, 2.75) is 31.9 Å². The second-order valence-corrected chi connectivity index (χ2v) is 5.89. The number of amides is 1. The molecule has 1 aromatic rings. The van der Waals surface area contributed by atoms with E-state index in [-0.39, 0.29) is 11.9 Å². The average molecular weight is 308 g/mol. The van der Waals surface area contributed by atoms with Crippen molar-refractivity contribution in [2.75, 3.05) is 39.5 Å². The second kappa shape index (κ2) is 7.26. The summed E-state index contributed by atoms with van der Waals surface area (Å²) in [5, 5.41) is 2.99. The maximum atomic E-state index is 12.2. The van der Waals surface area contributed by atoms with Crippen LogP contribution in [0.2, 0.25) is 0 Å². The molecule has 0 radical (unpaired) electrons. The minimum Gasteiger partial charge on any atom is -0.465 e. The van der Waals surface area contributed by atoms with Crippen LogP contribution in [0.15, 0.2) is 16.5 Å². The topological polar surface area (TPSA) is 63.9 Å². The number of hydrogen-bond acceptors (Lipinski definition) is 5. The summed E-state index contributed by atoms with van der Waals surface area (Å²) in [6, 6.07) is 4.06. The standard InChI is InChI=1S/C16H24N2O4/c1-12-4-5-14(22-12)13(18-6-2-3-7-18)10-17-16(19)15-11-20-8-9-21-15/h4-5,13,15H,2-3,6-11H2,1H3,(H,17,19). The molecular weight excluding hydrogens is 284 g/mol. The van der Waals surface area contributed by atoms with Gasteiger partial charge in [0.15, 0.2) is 6.10 Å². The minimum absolute atomic E-state index is 0.0876. The molecule has 6 heteroatoms. The molecule has 122 valence electrons. The lowest BCUT2D eigenvalue weighted by Gasteiger charge is -2.27. The number of nitrogens with one attached hydrogen (secondary N) is 1. The van der Waals surface area contributed by atoms with Crippen molar-refractivity contribution in [2.24, 2.45) is 0 Å². The molecule has 2 fully saturated rings. The van der Waals surface area contributed by atoms with Gasteiger partial charge in [0.1, 0.15) is 11.5 Å². The first-order valence-corrected chi connectivity index (χ1v) is 8.01. The molecule has 3 rings (SSSR count). The molecule has 1 aromatic heterocycles. The van der Waals surface area contributed by atoms with Crippen molar-refractivity contribution < 1.29 is 18.7 Å². The van der Waals surface area contributed by atoms with Gasteiger partial charge in [-0.25, -0.2) is 0 Å². The summed E-state index contributed by atoms with van der Waals surface area (Å²) >= 11 is 0. The van der Waals surface area contributed by atoms with E-state index in [2.05, 4.69) is 10.2 Å². The quantitative estimate of drug-likeness (QED) is 0.887. The molecule has 0 aromatic carbocycles. The highest BCUT2D eigenvalue weighted by Crippen LogP contribution is 2.26. The van der Waals surface area contributed by atoms with E-state index < -0.39 is 6.10 Å². The summed E-state index contributed by atoms with van der Waals surface area (Å²) in [5.41, 5.74) is 0. The van der Waals surface area contributed by atoms with E-state index in [1.807, 2.05) is 19.1 Å². The van der Waals surface area contributed by atoms with Gasteiger partial charge in [-0.2, -0.15) is 0 Å². The fourth-order valence-corrected chi connectivity index (χ4v) is 3.05. The third-order valence-electron chi connectivity index (χ3n) is 4.25. The minimum atomic E-state index is -0.494. The Bertz CT molecular complexity index is 490. The van der Waals surface area contributed by atoms with Crippen LogP contribution >= 0.6 is 0 Å². The summed E-state index contributed by atoms with van der Waals surface area (Å²) in [5.74, 6) is 1.71. The lowest BCUT2D eigenvalue weighted by Crippen LogP contribution is -2.45. The molecule has 2 aliphatic rings. The molecule has 2 saturated heterocycles. The molecule has 2 atom stereocenters. The predicted molar refractivity (Wildman–Crippen MR) is 80.6 cm³/mol. The Morgan fingerprint density at radius 3 is 2.82 bits per heavy atom. The van der Waals surface area contributed by atoms with Crippen molar-refractivity contribution in [3.05, 3.63) is 23.7 Å². The molecule has 0 aliphatic carbocycles. The van der Waals surface area contributed by atoms with Crippen molar-refractivity contribution >= 4 is 5.91 Å². The van der Waals surface area contributed by atoms with Crippen LogP contribution in [-0.2, 0) is 14.3 Å². The van der Waals surface area contributed by atoms with Crippen molar-refractivity contribution in [1.29, 1.82) is 0 Å². The van der Waals surface area contributed by atoms with Crippen LogP contribution in [0.5, 0.6) is 0 Å². The van der Waals surface area contributed by atoms with Gasteiger partial charge in [-0.15, -0.1) is 0 Å². The van der Waals surface area contributed by atoms with Gasteiger partial charge in [0, 0.05) is 6.54 Å². The average Bonchev–Trinajstić information content (AvgIpc) is 3.21. The normalized spacial score (nSPS) is 24.3. The van der Waals surface area contributed by atoms with E-state index in [0.717, 1.165) is 24.6 Å². The zero-order valence-electron chi connectivity index (χ0n) is 13.0. The highest BCUT2D eigenvalue weighted by Gasteiger charge is 2.28. The molecule has 1 N–H and O–H groups in total. The number of carbonyl (C=O) groups is 1. The highest BCUT2D eigenvalue weighted by molar-refractivity contribution is 5.81. The largest absolute Gasteiger partial charge is 0.465 e. The maximum absolute atomic E-state index is 12.2. The molecule has 2 aliphatic heterocycles. The van der Waals surface area contributed by atoms with Crippen LogP contribution < -0.4 is 5.32 Å². The van der Waals surface area contributed by atoms with Crippen LogP contribution in [0.25, 0.3) is 0 Å². The van der Waals surface area contributed by atoms with E-state index in [0.29, 0.717) is 26.4 Å². The van der Waals surface area contributed by atoms with Crippen LogP contribution in [0.3, 0.4) is 0 Å². The van der Waals surface area contributed by atoms with Gasteiger partial charge in [-0.1, -0.05) is 0 Å². The summed E-state index contributed by atoms with van der Waals surface area (Å²) < 4.78 is 16.5. The molecule has 1 amide bonds. The molecule has 3 heterocycles. The van der Waals surface area contributed by atoms with E-state index in [9.17, 15) is 4.79 Å². The Hall–Kier alpha value is -1.37. The van der Waals surface area contributed by atoms with Gasteiger partial charge in [0.2, 0.25) is 0 Å². The summed E-state index contributed by atoms with van der Waals surface area (Å²) in [6.45, 7) is 5.94. The van der Waals surface area contributed by atoms with E-state index in [4.69, 9.17) is 13.9 Å². The van der Waals surface area contributed by atoms with Gasteiger partial charge < -0.3 is 19.2 Å². The van der Waals surface area contributed by atoms with Crippen LogP contribution in [0.4, 0.5) is 0 Å². The van der Waals surface area contributed by atoms with Gasteiger partial charge in [-0.05, 0) is 45.0 Å². The van der Waals surface area contributed by atoms with Crippen LogP contribution in [0.1, 0.15) is 30.4 Å². The van der Waals surface area contributed by atoms with Crippen LogP contribution in [0, 0.1) is 6.92 Å². The lowest BCUT2D eigenvalue weighted by molar-refractivity contribution is -0.147. The molecule has 0 saturated carbocycles. The second-order valence-electron chi connectivity index (χ2n) is 5.89. The summed E-state index contributed by atoms with van der Waals surface area (Å²) in [6.07, 6.45) is 1.90. The Morgan fingerprint density at radius 2 is 2.18 bits per heavy atom. The summed E-state index contributed by atoms with van der Waals surface area (Å²) in [4.78, 5) is 14.6. The van der Waals surface area contributed by atoms with Gasteiger partial charge in [0.05, 0.1) is 25.9 Å². The number of aryl methyl sites for hydroxylation is 1. The third-order valence-corrected chi connectivity index (χ3v) is 4.25. The first kappa shape index (κ1) is 15.5. The molecule has 0 spiro atoms. The van der Waals surface area contributed by atoms with Crippen molar-refractivity contribution in [1.82, 2.24) is 10.2 Å². The zero-order chi connectivity index (χ0) is 15.4. The number of rotatable bonds is 5. The number of likely N-dealkylation sites (tertiary alicyclic amines) is 1. The number of hydrogen-bond donors (Lipinski definition) is 1. The number of ether oxygens (including phenoxy) is 2. The fraction of sp³-hybridized carbons (Fsp3) is 0.688. The smallest absolute Gasteiger partial charge is 0.251 e. The SMILES string of the molecule is Cc1ccc(C(CNC(=O)C2COCCO2)N2CCCC2)o1. The van der Waals surface area contributed by atoms with Crippen molar-refractivity contribution in [3.63, 3.8) is 0 Å². The first-order chi connectivity index (χ1) is 10.7. The Labute approximate surface area is 130 Å². The zero-order valence-corrected chi connectivity index (χ0v) is 13.0. The molecule has 2 unspecified atom stereocenters. The Morgan fingerprint density at radius 1 is 1.36 bits per heavy atom. The van der Waals surface area contributed by atoms with Gasteiger partial charge in [0.25, 0.3) is 5.91 Å². The number of carbonyl (C=O) groups excluding carboxylic acids is 1. The molecule has 6 nitrogen and oxygen atoms in total. The van der Waals surface area contributed by atoms with Crippen LogP contribution in [-0.4, -0.2) is 56.4 Å². The monoisotopic (exact) mass is 308 g/mol. The first-order valence-electron chi connectivity index (χ1n) is 8.01. The molecule has 22 heavy (non-hydrogen) atoms. The van der Waals surface area contributed by atoms with E-state index in [1.54, 1.807) is 0 Å². The lowest BCUT2D eigenvalue weighted by atomic mass is 10.2. The number of furan rings is 1. The molecule has 0 bridgehead atoms. The fourth-order valence-electron chi connectivity index (χ4n) is 3.05. The molecular formula is C16H24N2O4. The predicted octanol–water partition coefficient (Wildman–Crippen LogP) is 1.26. The van der Waals surface area contributed by atoms with E-state index in [1.165, 1.54) is 12.8 Å². The van der Waals surface area contributed by atoms with Gasteiger partial charge >= 0.3 is 0 Å². The van der Waals surface area contributed by atoms with E-state index >= 15 is 0 Å². The number of nitrogens with zero attached hydrogens (tertiary/aromatic N) is 1. The van der Waals surface area contributed by atoms with Gasteiger partial charge in [-0.3, -0.25) is 9.69 Å².